The lowest BCUT2D eigenvalue weighted by atomic mass is 9.81. The van der Waals surface area contributed by atoms with Crippen LogP contribution in [0.25, 0.3) is 11.3 Å². The van der Waals surface area contributed by atoms with Gasteiger partial charge in [0.15, 0.2) is 5.60 Å². The molecule has 0 aliphatic heterocycles. The zero-order valence-corrected chi connectivity index (χ0v) is 30.8. The summed E-state index contributed by atoms with van der Waals surface area (Å²) in [5.74, 6) is -6.34. The number of hydrogen-bond acceptors (Lipinski definition) is 10. The maximum absolute atomic E-state index is 15.8. The first-order valence-corrected chi connectivity index (χ1v) is 17.8. The first-order chi connectivity index (χ1) is 26.0. The van der Waals surface area contributed by atoms with Gasteiger partial charge in [-0.25, -0.2) is 27.9 Å². The van der Waals surface area contributed by atoms with Crippen LogP contribution in [-0.4, -0.2) is 45.5 Å². The second kappa shape index (κ2) is 16.8. The van der Waals surface area contributed by atoms with Crippen LogP contribution in [0.3, 0.4) is 0 Å². The van der Waals surface area contributed by atoms with Crippen LogP contribution in [0.1, 0.15) is 58.5 Å². The number of alkyl halides is 3. The number of ether oxygens (including phenoxy) is 2. The molecule has 17 heteroatoms. The molecular weight excluding hydrogens is 746 g/mol. The molecule has 0 spiro atoms. The Balaban J connectivity index is 1.51. The lowest BCUT2D eigenvalue weighted by molar-refractivity contribution is -0.689. The van der Waals surface area contributed by atoms with Crippen molar-refractivity contribution in [2.24, 2.45) is 11.5 Å². The van der Waals surface area contributed by atoms with E-state index in [4.69, 9.17) is 26.2 Å². The molecule has 288 valence electrons. The number of aromatic nitrogens is 4. The van der Waals surface area contributed by atoms with Crippen molar-refractivity contribution in [3.8, 4) is 23.1 Å². The summed E-state index contributed by atoms with van der Waals surface area (Å²) in [6, 6.07) is 13.5. The van der Waals surface area contributed by atoms with Gasteiger partial charge < -0.3 is 20.9 Å². The zero-order valence-electron chi connectivity index (χ0n) is 29.9. The number of nitrogens with zero attached hydrogens (tertiary/aromatic N) is 5. The fraction of sp³-hybridized carbons (Fsp3) is 0.316. The summed E-state index contributed by atoms with van der Waals surface area (Å²) in [5, 5.41) is 15.3. The number of halogens is 5. The molecular formula is C38H37F5N7O4S+. The third kappa shape index (κ3) is 9.39. The van der Waals surface area contributed by atoms with E-state index in [0.29, 0.717) is 59.2 Å². The van der Waals surface area contributed by atoms with Crippen LogP contribution in [0.5, 0.6) is 5.75 Å². The summed E-state index contributed by atoms with van der Waals surface area (Å²) >= 11 is 1.03. The third-order valence-corrected chi connectivity index (χ3v) is 9.96. The molecule has 11 nitrogen and oxygen atoms in total. The molecule has 0 amide bonds. The molecule has 0 aliphatic carbocycles. The fourth-order valence-electron chi connectivity index (χ4n) is 6.12. The molecule has 0 unspecified atom stereocenters. The number of rotatable bonds is 14. The van der Waals surface area contributed by atoms with Gasteiger partial charge in [-0.05, 0) is 86.3 Å². The van der Waals surface area contributed by atoms with Crippen molar-refractivity contribution in [1.82, 2.24) is 14.8 Å². The first-order valence-electron chi connectivity index (χ1n) is 16.9. The van der Waals surface area contributed by atoms with E-state index in [1.54, 1.807) is 60.2 Å². The Hall–Kier alpha value is -5.57. The minimum Gasteiger partial charge on any atom is -0.443 e. The average Bonchev–Trinajstić information content (AvgIpc) is 3.81. The van der Waals surface area contributed by atoms with Crippen molar-refractivity contribution in [3.63, 3.8) is 0 Å². The molecule has 0 saturated heterocycles. The second-order valence-electron chi connectivity index (χ2n) is 13.0. The SMILES string of the molecule is Cc1cc(C[n+]2cnn(C[C@](OC(=O)C(F)(F)F)(c3ccc(F)cc3F)[C@@H](C)c3nc(-c4ccc(C#N)cc4)cs3)c2)cc(C)c1OC(=O)[C@@H](N)CCCN. The van der Waals surface area contributed by atoms with Gasteiger partial charge in [0.1, 0.15) is 35.0 Å². The lowest BCUT2D eigenvalue weighted by Gasteiger charge is -2.36. The molecule has 3 atom stereocenters. The number of thiazole rings is 1. The molecule has 4 N–H and O–H groups in total. The van der Waals surface area contributed by atoms with Gasteiger partial charge in [-0.15, -0.1) is 16.0 Å². The molecule has 2 aromatic heterocycles. The summed E-state index contributed by atoms with van der Waals surface area (Å²) in [4.78, 5) is 29.8. The van der Waals surface area contributed by atoms with Crippen LogP contribution in [0.2, 0.25) is 0 Å². The van der Waals surface area contributed by atoms with Crippen LogP contribution >= 0.6 is 11.3 Å². The summed E-state index contributed by atoms with van der Waals surface area (Å²) in [5.41, 5.74) is 11.9. The van der Waals surface area contributed by atoms with Gasteiger partial charge in [-0.2, -0.15) is 18.4 Å². The fourth-order valence-corrected chi connectivity index (χ4v) is 7.09. The van der Waals surface area contributed by atoms with E-state index in [1.165, 1.54) is 24.3 Å². The van der Waals surface area contributed by atoms with Gasteiger partial charge in [0.2, 0.25) is 6.33 Å². The monoisotopic (exact) mass is 782 g/mol. The van der Waals surface area contributed by atoms with Crippen molar-refractivity contribution in [2.45, 2.75) is 70.4 Å². The quantitative estimate of drug-likeness (QED) is 0.0606. The minimum absolute atomic E-state index is 0.171. The van der Waals surface area contributed by atoms with E-state index in [0.717, 1.165) is 29.0 Å². The third-order valence-electron chi connectivity index (χ3n) is 8.93. The maximum atomic E-state index is 15.8. The predicted octanol–water partition coefficient (Wildman–Crippen LogP) is 5.89. The molecule has 2 heterocycles. The number of benzene rings is 3. The summed E-state index contributed by atoms with van der Waals surface area (Å²) in [6.07, 6.45) is -1.73. The molecule has 0 saturated carbocycles. The Labute approximate surface area is 316 Å². The Morgan fingerprint density at radius 1 is 1.07 bits per heavy atom. The molecule has 0 fully saturated rings. The summed E-state index contributed by atoms with van der Waals surface area (Å²) in [6.45, 7) is 4.88. The molecule has 55 heavy (non-hydrogen) atoms. The Kier molecular flexibility index (Phi) is 12.4. The highest BCUT2D eigenvalue weighted by Crippen LogP contribution is 2.45. The predicted molar refractivity (Wildman–Crippen MR) is 190 cm³/mol. The lowest BCUT2D eigenvalue weighted by Crippen LogP contribution is -2.45. The van der Waals surface area contributed by atoms with Gasteiger partial charge in [0, 0.05) is 27.7 Å². The largest absolute Gasteiger partial charge is 0.490 e. The van der Waals surface area contributed by atoms with E-state index in [1.807, 2.05) is 6.07 Å². The van der Waals surface area contributed by atoms with Crippen LogP contribution < -0.4 is 20.8 Å². The molecule has 5 aromatic rings. The number of carbonyl (C=O) groups excluding carboxylic acids is 2. The minimum atomic E-state index is -5.48. The van der Waals surface area contributed by atoms with Gasteiger partial charge >= 0.3 is 18.1 Å². The summed E-state index contributed by atoms with van der Waals surface area (Å²) < 4.78 is 85.4. The highest BCUT2D eigenvalue weighted by Gasteiger charge is 2.53. The maximum Gasteiger partial charge on any atom is 0.490 e. The highest BCUT2D eigenvalue weighted by atomic mass is 32.1. The smallest absolute Gasteiger partial charge is 0.443 e. The number of carbonyl (C=O) groups is 2. The van der Waals surface area contributed by atoms with E-state index >= 15 is 4.39 Å². The second-order valence-corrected chi connectivity index (χ2v) is 13.9. The Bertz CT molecular complexity index is 2190. The highest BCUT2D eigenvalue weighted by molar-refractivity contribution is 7.10. The van der Waals surface area contributed by atoms with Gasteiger partial charge in [-0.1, -0.05) is 19.1 Å². The van der Waals surface area contributed by atoms with Crippen LogP contribution in [0.15, 0.2) is 72.6 Å². The van der Waals surface area contributed by atoms with E-state index in [-0.39, 0.29) is 11.6 Å². The topological polar surface area (TPSA) is 163 Å². The normalized spacial score (nSPS) is 13.8. The molecule has 0 radical (unpaired) electrons. The van der Waals surface area contributed by atoms with E-state index < -0.39 is 59.4 Å². The van der Waals surface area contributed by atoms with E-state index in [2.05, 4.69) is 10.1 Å². The van der Waals surface area contributed by atoms with Gasteiger partial charge in [0.05, 0.1) is 29.8 Å². The van der Waals surface area contributed by atoms with Crippen molar-refractivity contribution in [1.29, 1.82) is 5.26 Å². The molecule has 5 rings (SSSR count). The number of esters is 2. The van der Waals surface area contributed by atoms with Crippen LogP contribution in [0, 0.1) is 36.8 Å². The number of nitriles is 1. The Morgan fingerprint density at radius 3 is 2.38 bits per heavy atom. The van der Waals surface area contributed by atoms with Crippen molar-refractivity contribution >= 4 is 23.3 Å². The van der Waals surface area contributed by atoms with Crippen molar-refractivity contribution in [3.05, 3.63) is 117 Å². The number of aryl methyl sites for hydroxylation is 2. The average molecular weight is 783 g/mol. The molecule has 0 aliphatic rings. The van der Waals surface area contributed by atoms with Crippen molar-refractivity contribution < 1.29 is 45.6 Å². The van der Waals surface area contributed by atoms with Crippen LogP contribution in [0.4, 0.5) is 22.0 Å². The van der Waals surface area contributed by atoms with Gasteiger partial charge in [-0.3, -0.25) is 0 Å². The van der Waals surface area contributed by atoms with Crippen LogP contribution in [-0.2, 0) is 33.0 Å². The van der Waals surface area contributed by atoms with Crippen molar-refractivity contribution in [2.75, 3.05) is 6.54 Å². The zero-order chi connectivity index (χ0) is 40.1. The molecule has 3 aromatic carbocycles. The number of nitrogens with two attached hydrogens (primary N) is 2. The standard InChI is InChI=1S/C38H37F5N7O4S/c1-22-13-26(14-23(2)33(22)53-35(51)31(46)5-4-12-44)17-49-20-47-50(21-49)19-37(54-36(52)38(41,42)43,29-11-10-28(39)15-30(29)40)24(3)34-48-32(18-55-34)27-8-6-25(16-45)7-9-27/h6-11,13-15,18,20-21,24,31H,4-5,12,17,19,44,46H2,1-3H3/q+1/t24-,31-,37+/m0/s1. The Morgan fingerprint density at radius 2 is 1.76 bits per heavy atom. The molecule has 0 bridgehead atoms. The summed E-state index contributed by atoms with van der Waals surface area (Å²) in [7, 11) is 0. The van der Waals surface area contributed by atoms with Gasteiger partial charge in [0.25, 0.3) is 6.33 Å². The van der Waals surface area contributed by atoms with E-state index in [9.17, 15) is 27.2 Å². The first kappa shape index (κ1) is 40.6. The number of hydrogen-bond donors (Lipinski definition) is 2.